The highest BCUT2D eigenvalue weighted by Crippen LogP contribution is 2.27. The second kappa shape index (κ2) is 8.05. The predicted molar refractivity (Wildman–Crippen MR) is 88.1 cm³/mol. The van der Waals surface area contributed by atoms with Gasteiger partial charge in [-0.3, -0.25) is 4.79 Å². The number of rotatable bonds is 5. The van der Waals surface area contributed by atoms with Crippen LogP contribution in [0.3, 0.4) is 0 Å². The first-order valence-corrected chi connectivity index (χ1v) is 8.82. The van der Waals surface area contributed by atoms with E-state index in [0.717, 1.165) is 29.7 Å². The molecule has 0 aliphatic carbocycles. The van der Waals surface area contributed by atoms with Gasteiger partial charge < -0.3 is 10.6 Å². The molecule has 2 N–H and O–H groups in total. The maximum Gasteiger partial charge on any atom is 0.221 e. The molecule has 1 aromatic rings. The molecule has 0 aromatic heterocycles. The lowest BCUT2D eigenvalue weighted by Crippen LogP contribution is -2.48. The molecule has 2 atom stereocenters. The maximum absolute atomic E-state index is 12.0. The molecule has 3 nitrogen and oxygen atoms in total. The van der Waals surface area contributed by atoms with Crippen molar-refractivity contribution < 1.29 is 4.79 Å². The summed E-state index contributed by atoms with van der Waals surface area (Å²) in [5.74, 6) is 1.50. The van der Waals surface area contributed by atoms with Gasteiger partial charge in [0.2, 0.25) is 5.91 Å². The van der Waals surface area contributed by atoms with Crippen molar-refractivity contribution in [2.24, 2.45) is 5.92 Å². The van der Waals surface area contributed by atoms with Gasteiger partial charge in [-0.1, -0.05) is 19.1 Å². The number of hydrogen-bond donors (Lipinski definition) is 2. The summed E-state index contributed by atoms with van der Waals surface area (Å²) in [5, 5.41) is 6.51. The van der Waals surface area contributed by atoms with Gasteiger partial charge in [-0.2, -0.15) is 0 Å². The Balaban J connectivity index is 1.71. The Hall–Kier alpha value is -0.520. The lowest BCUT2D eigenvalue weighted by atomic mass is 9.95. The van der Waals surface area contributed by atoms with Crippen molar-refractivity contribution in [3.8, 4) is 0 Å². The monoisotopic (exact) mass is 356 g/mol. The fourth-order valence-corrected chi connectivity index (χ4v) is 3.84. The topological polar surface area (TPSA) is 41.1 Å². The summed E-state index contributed by atoms with van der Waals surface area (Å²) in [4.78, 5) is 13.2. The van der Waals surface area contributed by atoms with Crippen molar-refractivity contribution in [2.75, 3.05) is 18.8 Å². The first-order valence-electron chi connectivity index (χ1n) is 7.04. The fourth-order valence-electron chi connectivity index (χ4n) is 2.32. The first kappa shape index (κ1) is 15.9. The summed E-state index contributed by atoms with van der Waals surface area (Å²) in [7, 11) is 0. The van der Waals surface area contributed by atoms with Gasteiger partial charge in [0.25, 0.3) is 0 Å². The zero-order valence-corrected chi connectivity index (χ0v) is 14.1. The zero-order valence-electron chi connectivity index (χ0n) is 11.7. The van der Waals surface area contributed by atoms with E-state index in [1.54, 1.807) is 11.8 Å². The molecule has 0 bridgehead atoms. The number of benzene rings is 1. The number of amides is 1. The molecule has 1 heterocycles. The van der Waals surface area contributed by atoms with E-state index in [-0.39, 0.29) is 5.91 Å². The average molecular weight is 357 g/mol. The Morgan fingerprint density at radius 3 is 3.05 bits per heavy atom. The van der Waals surface area contributed by atoms with Crippen LogP contribution in [0.5, 0.6) is 0 Å². The highest BCUT2D eigenvalue weighted by molar-refractivity contribution is 9.10. The van der Waals surface area contributed by atoms with Crippen LogP contribution in [0.15, 0.2) is 33.6 Å². The molecule has 2 unspecified atom stereocenters. The van der Waals surface area contributed by atoms with Crippen LogP contribution in [0, 0.1) is 5.92 Å². The summed E-state index contributed by atoms with van der Waals surface area (Å²) in [5.41, 5.74) is 0. The fraction of sp³-hybridized carbons (Fsp3) is 0.533. The minimum atomic E-state index is 0.170. The van der Waals surface area contributed by atoms with Crippen molar-refractivity contribution in [3.05, 3.63) is 28.7 Å². The van der Waals surface area contributed by atoms with Gasteiger partial charge in [0.05, 0.1) is 0 Å². The zero-order chi connectivity index (χ0) is 14.4. The van der Waals surface area contributed by atoms with Gasteiger partial charge in [0.15, 0.2) is 0 Å². The third kappa shape index (κ3) is 4.79. The standard InChI is InChI=1S/C15H21BrN2OS/c1-11-10-17-8-6-13(11)18-15(19)7-9-20-14-5-3-2-4-12(14)16/h2-5,11,13,17H,6-10H2,1H3,(H,18,19). The van der Waals surface area contributed by atoms with Crippen molar-refractivity contribution >= 4 is 33.6 Å². The minimum absolute atomic E-state index is 0.170. The molecule has 110 valence electrons. The van der Waals surface area contributed by atoms with Crippen LogP contribution in [0.4, 0.5) is 0 Å². The Morgan fingerprint density at radius 1 is 1.50 bits per heavy atom. The van der Waals surface area contributed by atoms with Crippen LogP contribution in [0.25, 0.3) is 0 Å². The number of halogens is 1. The SMILES string of the molecule is CC1CNCCC1NC(=O)CCSc1ccccc1Br. The highest BCUT2D eigenvalue weighted by Gasteiger charge is 2.22. The van der Waals surface area contributed by atoms with E-state index < -0.39 is 0 Å². The molecule has 1 saturated heterocycles. The summed E-state index contributed by atoms with van der Waals surface area (Å²) >= 11 is 5.24. The molecule has 2 rings (SSSR count). The number of carbonyl (C=O) groups excluding carboxylic acids is 1. The number of hydrogen-bond acceptors (Lipinski definition) is 3. The molecule has 5 heteroatoms. The number of piperidine rings is 1. The van der Waals surface area contributed by atoms with Gasteiger partial charge in [0, 0.05) is 27.6 Å². The van der Waals surface area contributed by atoms with E-state index in [9.17, 15) is 4.79 Å². The molecule has 0 spiro atoms. The summed E-state index contributed by atoms with van der Waals surface area (Å²) in [6.45, 7) is 4.19. The Kier molecular flexibility index (Phi) is 6.39. The summed E-state index contributed by atoms with van der Waals surface area (Å²) in [6.07, 6.45) is 1.60. The van der Waals surface area contributed by atoms with Gasteiger partial charge in [-0.15, -0.1) is 11.8 Å². The Bertz CT molecular complexity index is 455. The molecule has 0 radical (unpaired) electrons. The Labute approximate surface area is 133 Å². The van der Waals surface area contributed by atoms with Crippen LogP contribution in [0.2, 0.25) is 0 Å². The molecule has 20 heavy (non-hydrogen) atoms. The molecule has 0 saturated carbocycles. The smallest absolute Gasteiger partial charge is 0.221 e. The largest absolute Gasteiger partial charge is 0.353 e. The minimum Gasteiger partial charge on any atom is -0.353 e. The number of nitrogens with one attached hydrogen (secondary N) is 2. The molecule has 1 amide bonds. The predicted octanol–water partition coefficient (Wildman–Crippen LogP) is 3.05. The van der Waals surface area contributed by atoms with Crippen molar-refractivity contribution in [2.45, 2.75) is 30.7 Å². The summed E-state index contributed by atoms with van der Waals surface area (Å²) in [6, 6.07) is 8.45. The van der Waals surface area contributed by atoms with Gasteiger partial charge in [-0.25, -0.2) is 0 Å². The average Bonchev–Trinajstić information content (AvgIpc) is 2.43. The van der Waals surface area contributed by atoms with Crippen LogP contribution >= 0.6 is 27.7 Å². The molecule has 1 aliphatic rings. The lowest BCUT2D eigenvalue weighted by molar-refractivity contribution is -0.121. The number of thioether (sulfide) groups is 1. The molecule has 1 aromatic carbocycles. The van der Waals surface area contributed by atoms with Gasteiger partial charge >= 0.3 is 0 Å². The van der Waals surface area contributed by atoms with E-state index >= 15 is 0 Å². The van der Waals surface area contributed by atoms with Gasteiger partial charge in [0.1, 0.15) is 0 Å². The van der Waals surface area contributed by atoms with Crippen LogP contribution < -0.4 is 10.6 Å². The second-order valence-electron chi connectivity index (χ2n) is 5.17. The van der Waals surface area contributed by atoms with Crippen molar-refractivity contribution in [3.63, 3.8) is 0 Å². The van der Waals surface area contributed by atoms with Crippen LogP contribution in [0.1, 0.15) is 19.8 Å². The molecule has 1 aliphatic heterocycles. The molecular formula is C15H21BrN2OS. The van der Waals surface area contributed by atoms with E-state index in [1.807, 2.05) is 18.2 Å². The van der Waals surface area contributed by atoms with Gasteiger partial charge in [-0.05, 0) is 53.5 Å². The van der Waals surface area contributed by atoms with Crippen LogP contribution in [-0.2, 0) is 4.79 Å². The van der Waals surface area contributed by atoms with E-state index in [1.165, 1.54) is 4.90 Å². The summed E-state index contributed by atoms with van der Waals surface area (Å²) < 4.78 is 1.09. The highest BCUT2D eigenvalue weighted by atomic mass is 79.9. The molecular weight excluding hydrogens is 336 g/mol. The van der Waals surface area contributed by atoms with E-state index in [4.69, 9.17) is 0 Å². The second-order valence-corrected chi connectivity index (χ2v) is 7.16. The third-order valence-electron chi connectivity index (χ3n) is 3.56. The first-order chi connectivity index (χ1) is 9.66. The van der Waals surface area contributed by atoms with Crippen LogP contribution in [-0.4, -0.2) is 30.8 Å². The number of carbonyl (C=O) groups is 1. The lowest BCUT2D eigenvalue weighted by Gasteiger charge is -2.30. The Morgan fingerprint density at radius 2 is 2.30 bits per heavy atom. The quantitative estimate of drug-likeness (QED) is 0.796. The maximum atomic E-state index is 12.0. The molecule has 1 fully saturated rings. The van der Waals surface area contributed by atoms with Crippen molar-refractivity contribution in [1.82, 2.24) is 10.6 Å². The van der Waals surface area contributed by atoms with E-state index in [2.05, 4.69) is 39.6 Å². The normalized spacial score (nSPS) is 22.5. The third-order valence-corrected chi connectivity index (χ3v) is 5.58. The van der Waals surface area contributed by atoms with Crippen molar-refractivity contribution in [1.29, 1.82) is 0 Å². The van der Waals surface area contributed by atoms with E-state index in [0.29, 0.717) is 18.4 Å².